The molecule has 0 spiro atoms. The van der Waals surface area contributed by atoms with Gasteiger partial charge in [-0.15, -0.1) is 0 Å². The van der Waals surface area contributed by atoms with Crippen molar-refractivity contribution in [1.29, 1.82) is 0 Å². The average molecular weight is 161 g/mol. The van der Waals surface area contributed by atoms with E-state index in [9.17, 15) is 0 Å². The monoisotopic (exact) mass is 161 g/mol. The Bertz CT molecular complexity index is 80.1. The van der Waals surface area contributed by atoms with Crippen LogP contribution in [0.1, 0.15) is 12.8 Å². The Morgan fingerprint density at radius 1 is 1.27 bits per heavy atom. The van der Waals surface area contributed by atoms with E-state index in [4.69, 9.17) is 16.6 Å². The minimum absolute atomic E-state index is 0.323. The Morgan fingerprint density at radius 2 is 2.00 bits per heavy atom. The predicted molar refractivity (Wildman–Crippen MR) is 46.2 cm³/mol. The summed E-state index contributed by atoms with van der Waals surface area (Å²) in [6.45, 7) is 2.56. The zero-order chi connectivity index (χ0) is 8.53. The number of hydrogen-bond donors (Lipinski definition) is 4. The van der Waals surface area contributed by atoms with Crippen LogP contribution in [-0.2, 0) is 0 Å². The summed E-state index contributed by atoms with van der Waals surface area (Å²) >= 11 is 0. The summed E-state index contributed by atoms with van der Waals surface area (Å²) in [5.41, 5.74) is 10.5. The van der Waals surface area contributed by atoms with Gasteiger partial charge in [-0.05, 0) is 25.9 Å². The summed E-state index contributed by atoms with van der Waals surface area (Å²) in [5, 5.41) is 12.1. The molecule has 0 aliphatic rings. The highest BCUT2D eigenvalue weighted by Gasteiger charge is 1.97. The second kappa shape index (κ2) is 7.94. The lowest BCUT2D eigenvalue weighted by molar-refractivity contribution is 0.179. The van der Waals surface area contributed by atoms with E-state index in [0.29, 0.717) is 13.1 Å². The van der Waals surface area contributed by atoms with Crippen molar-refractivity contribution in [3.63, 3.8) is 0 Å². The van der Waals surface area contributed by atoms with E-state index < -0.39 is 6.10 Å². The second-order valence-electron chi connectivity index (χ2n) is 2.59. The van der Waals surface area contributed by atoms with Crippen LogP contribution in [0.2, 0.25) is 0 Å². The van der Waals surface area contributed by atoms with Crippen molar-refractivity contribution < 1.29 is 5.11 Å². The Balaban J connectivity index is 2.89. The molecule has 0 radical (unpaired) electrons. The molecule has 0 aromatic rings. The molecule has 0 rings (SSSR count). The van der Waals surface area contributed by atoms with Crippen LogP contribution in [0, 0.1) is 0 Å². The number of nitrogens with two attached hydrogens (primary N) is 2. The van der Waals surface area contributed by atoms with Gasteiger partial charge >= 0.3 is 0 Å². The predicted octanol–water partition coefficient (Wildman–Crippen LogP) is -1.37. The van der Waals surface area contributed by atoms with E-state index in [1.807, 2.05) is 0 Å². The molecule has 0 fully saturated rings. The third-order valence-electron chi connectivity index (χ3n) is 1.46. The van der Waals surface area contributed by atoms with Crippen molar-refractivity contribution in [2.75, 3.05) is 26.2 Å². The van der Waals surface area contributed by atoms with Crippen LogP contribution in [0.15, 0.2) is 0 Å². The van der Waals surface area contributed by atoms with Crippen LogP contribution in [0.5, 0.6) is 0 Å². The van der Waals surface area contributed by atoms with Gasteiger partial charge in [0.25, 0.3) is 0 Å². The summed E-state index contributed by atoms with van der Waals surface area (Å²) in [7, 11) is 0. The molecule has 11 heavy (non-hydrogen) atoms. The fourth-order valence-corrected chi connectivity index (χ4v) is 0.746. The van der Waals surface area contributed by atoms with Gasteiger partial charge in [-0.2, -0.15) is 0 Å². The first kappa shape index (κ1) is 10.8. The molecule has 1 atom stereocenters. The number of hydrogen-bond acceptors (Lipinski definition) is 4. The third-order valence-corrected chi connectivity index (χ3v) is 1.46. The molecule has 68 valence electrons. The maximum absolute atomic E-state index is 9.00. The second-order valence-corrected chi connectivity index (χ2v) is 2.59. The first-order valence-corrected chi connectivity index (χ1v) is 4.10. The highest BCUT2D eigenvalue weighted by Crippen LogP contribution is 1.82. The lowest BCUT2D eigenvalue weighted by Crippen LogP contribution is -2.33. The van der Waals surface area contributed by atoms with Gasteiger partial charge in [-0.1, -0.05) is 0 Å². The SMILES string of the molecule is NCCCCNC[C@H](O)CN. The van der Waals surface area contributed by atoms with Crippen molar-refractivity contribution in [1.82, 2.24) is 5.32 Å². The maximum atomic E-state index is 9.00. The molecule has 0 aromatic carbocycles. The van der Waals surface area contributed by atoms with Gasteiger partial charge in [0.1, 0.15) is 0 Å². The van der Waals surface area contributed by atoms with E-state index in [1.165, 1.54) is 0 Å². The van der Waals surface area contributed by atoms with Crippen molar-refractivity contribution >= 4 is 0 Å². The summed E-state index contributed by atoms with van der Waals surface area (Å²) in [6.07, 6.45) is 1.69. The van der Waals surface area contributed by atoms with Crippen LogP contribution in [0.25, 0.3) is 0 Å². The Kier molecular flexibility index (Phi) is 7.83. The molecule has 0 aliphatic carbocycles. The number of unbranched alkanes of at least 4 members (excludes halogenated alkanes) is 1. The van der Waals surface area contributed by atoms with E-state index in [2.05, 4.69) is 5.32 Å². The third kappa shape index (κ3) is 7.74. The van der Waals surface area contributed by atoms with Gasteiger partial charge < -0.3 is 21.9 Å². The Hall–Kier alpha value is -0.160. The molecule has 0 aromatic heterocycles. The number of aliphatic hydroxyl groups excluding tert-OH is 1. The van der Waals surface area contributed by atoms with E-state index in [-0.39, 0.29) is 0 Å². The average Bonchev–Trinajstić information content (AvgIpc) is 2.04. The van der Waals surface area contributed by atoms with Crippen molar-refractivity contribution in [2.45, 2.75) is 18.9 Å². The fourth-order valence-electron chi connectivity index (χ4n) is 0.746. The van der Waals surface area contributed by atoms with Crippen LogP contribution < -0.4 is 16.8 Å². The van der Waals surface area contributed by atoms with E-state index >= 15 is 0 Å². The minimum atomic E-state index is -0.409. The molecule has 4 heteroatoms. The molecule has 0 bridgehead atoms. The van der Waals surface area contributed by atoms with Gasteiger partial charge in [-0.25, -0.2) is 0 Å². The van der Waals surface area contributed by atoms with Gasteiger partial charge in [0.05, 0.1) is 6.10 Å². The number of aliphatic hydroxyl groups is 1. The lowest BCUT2D eigenvalue weighted by Gasteiger charge is -2.08. The van der Waals surface area contributed by atoms with Crippen LogP contribution in [-0.4, -0.2) is 37.4 Å². The normalized spacial score (nSPS) is 13.4. The van der Waals surface area contributed by atoms with Gasteiger partial charge in [0, 0.05) is 13.1 Å². The summed E-state index contributed by atoms with van der Waals surface area (Å²) < 4.78 is 0. The molecule has 4 nitrogen and oxygen atoms in total. The van der Waals surface area contributed by atoms with Gasteiger partial charge in [0.15, 0.2) is 0 Å². The summed E-state index contributed by atoms with van der Waals surface area (Å²) in [5.74, 6) is 0. The molecule has 0 saturated heterocycles. The number of nitrogens with one attached hydrogen (secondary N) is 1. The molecule has 0 unspecified atom stereocenters. The molecular formula is C7H19N3O. The van der Waals surface area contributed by atoms with Gasteiger partial charge in [0.2, 0.25) is 0 Å². The standard InChI is InChI=1S/C7H19N3O/c8-3-1-2-4-10-6-7(11)5-9/h7,10-11H,1-6,8-9H2/t7-/m1/s1. The molecule has 0 heterocycles. The molecule has 0 amide bonds. The number of rotatable bonds is 7. The quantitative estimate of drug-likeness (QED) is 0.347. The topological polar surface area (TPSA) is 84.3 Å². The largest absolute Gasteiger partial charge is 0.390 e. The van der Waals surface area contributed by atoms with Crippen molar-refractivity contribution in [3.05, 3.63) is 0 Å². The zero-order valence-corrected chi connectivity index (χ0v) is 6.92. The molecule has 6 N–H and O–H groups in total. The summed E-state index contributed by atoms with van der Waals surface area (Å²) in [4.78, 5) is 0. The Labute approximate surface area is 68.0 Å². The first-order chi connectivity index (χ1) is 5.31. The molecule has 0 aliphatic heterocycles. The fraction of sp³-hybridized carbons (Fsp3) is 1.00. The summed E-state index contributed by atoms with van der Waals surface area (Å²) in [6, 6.07) is 0. The maximum Gasteiger partial charge on any atom is 0.0786 e. The lowest BCUT2D eigenvalue weighted by atomic mass is 10.3. The molecule has 0 saturated carbocycles. The van der Waals surface area contributed by atoms with E-state index in [1.54, 1.807) is 0 Å². The van der Waals surface area contributed by atoms with Crippen LogP contribution in [0.3, 0.4) is 0 Å². The Morgan fingerprint density at radius 3 is 2.55 bits per heavy atom. The zero-order valence-electron chi connectivity index (χ0n) is 6.92. The van der Waals surface area contributed by atoms with Crippen LogP contribution >= 0.6 is 0 Å². The van der Waals surface area contributed by atoms with Crippen molar-refractivity contribution in [3.8, 4) is 0 Å². The minimum Gasteiger partial charge on any atom is -0.390 e. The molecular weight excluding hydrogens is 142 g/mol. The smallest absolute Gasteiger partial charge is 0.0786 e. The first-order valence-electron chi connectivity index (χ1n) is 4.10. The highest BCUT2D eigenvalue weighted by molar-refractivity contribution is 4.59. The van der Waals surface area contributed by atoms with E-state index in [0.717, 1.165) is 25.9 Å². The van der Waals surface area contributed by atoms with Gasteiger partial charge in [-0.3, -0.25) is 0 Å². The highest BCUT2D eigenvalue weighted by atomic mass is 16.3. The van der Waals surface area contributed by atoms with Crippen molar-refractivity contribution in [2.24, 2.45) is 11.5 Å². The van der Waals surface area contributed by atoms with Crippen LogP contribution in [0.4, 0.5) is 0 Å².